The van der Waals surface area contributed by atoms with Gasteiger partial charge in [0.25, 0.3) is 0 Å². The smallest absolute Gasteiger partial charge is 0.148 e. The molecular weight excluding hydrogens is 427 g/mol. The maximum absolute atomic E-state index is 15.4. The van der Waals surface area contributed by atoms with E-state index in [0.717, 1.165) is 16.9 Å². The molecule has 1 saturated heterocycles. The number of aromatic nitrogens is 3. The minimum absolute atomic E-state index is 0.213. The average Bonchev–Trinajstić information content (AvgIpc) is 3.40. The Morgan fingerprint density at radius 3 is 2.58 bits per heavy atom. The van der Waals surface area contributed by atoms with Crippen molar-refractivity contribution in [2.75, 3.05) is 19.5 Å². The van der Waals surface area contributed by atoms with E-state index >= 15 is 4.39 Å². The van der Waals surface area contributed by atoms with Crippen LogP contribution in [0, 0.1) is 5.82 Å². The third-order valence-corrected chi connectivity index (χ3v) is 6.02. The van der Waals surface area contributed by atoms with Gasteiger partial charge in [-0.25, -0.2) is 14.4 Å². The first kappa shape index (κ1) is 21.3. The van der Waals surface area contributed by atoms with Crippen LogP contribution in [0.25, 0.3) is 33.3 Å². The van der Waals surface area contributed by atoms with Crippen LogP contribution in [0.5, 0.6) is 5.75 Å². The molecule has 33 heavy (non-hydrogen) atoms. The summed E-state index contributed by atoms with van der Waals surface area (Å²) in [4.78, 5) is 8.41. The number of benzene rings is 2. The predicted molar refractivity (Wildman–Crippen MR) is 121 cm³/mol. The Morgan fingerprint density at radius 2 is 1.91 bits per heavy atom. The van der Waals surface area contributed by atoms with E-state index in [4.69, 9.17) is 15.2 Å². The van der Waals surface area contributed by atoms with Crippen molar-refractivity contribution >= 4 is 16.9 Å². The number of nitrogens with zero attached hydrogens (tertiary/aromatic N) is 3. The second kappa shape index (κ2) is 8.43. The normalized spacial score (nSPS) is 20.4. The third kappa shape index (κ3) is 3.70. The van der Waals surface area contributed by atoms with E-state index in [1.165, 1.54) is 12.4 Å². The van der Waals surface area contributed by atoms with Crippen molar-refractivity contribution in [2.45, 2.75) is 24.9 Å². The maximum Gasteiger partial charge on any atom is 0.148 e. The van der Waals surface area contributed by atoms with E-state index in [1.807, 2.05) is 30.3 Å². The molecule has 0 spiro atoms. The summed E-state index contributed by atoms with van der Waals surface area (Å²) >= 11 is 0. The maximum atomic E-state index is 15.4. The van der Waals surface area contributed by atoms with Crippen LogP contribution < -0.4 is 10.5 Å². The van der Waals surface area contributed by atoms with Crippen molar-refractivity contribution in [3.05, 3.63) is 60.8 Å². The quantitative estimate of drug-likeness (QED) is 0.428. The molecule has 170 valence electrons. The molecule has 4 aromatic rings. The largest absolute Gasteiger partial charge is 0.497 e. The van der Waals surface area contributed by atoms with Gasteiger partial charge in [0.05, 0.1) is 25.2 Å². The second-order valence-corrected chi connectivity index (χ2v) is 7.95. The first-order chi connectivity index (χ1) is 16.0. The highest BCUT2D eigenvalue weighted by Gasteiger charge is 2.36. The van der Waals surface area contributed by atoms with Crippen molar-refractivity contribution in [1.29, 1.82) is 0 Å². The summed E-state index contributed by atoms with van der Waals surface area (Å²) < 4.78 is 28.1. The van der Waals surface area contributed by atoms with Gasteiger partial charge < -0.3 is 30.0 Å². The fourth-order valence-electron chi connectivity index (χ4n) is 4.28. The van der Waals surface area contributed by atoms with Crippen molar-refractivity contribution in [3.63, 3.8) is 0 Å². The van der Waals surface area contributed by atoms with Gasteiger partial charge in [0, 0.05) is 23.7 Å². The van der Waals surface area contributed by atoms with E-state index in [-0.39, 0.29) is 18.8 Å². The number of nitrogen functional groups attached to an aromatic ring is 1. The molecule has 0 unspecified atom stereocenters. The highest BCUT2D eigenvalue weighted by molar-refractivity contribution is 6.01. The molecule has 0 amide bonds. The number of hydrogen-bond acceptors (Lipinski definition) is 7. The number of aliphatic hydroxyl groups excluding tert-OH is 2. The van der Waals surface area contributed by atoms with Gasteiger partial charge in [-0.05, 0) is 29.3 Å². The summed E-state index contributed by atoms with van der Waals surface area (Å²) in [6.07, 6.45) is 1.20. The summed E-state index contributed by atoms with van der Waals surface area (Å²) in [7, 11) is 1.59. The number of methoxy groups -OCH3 is 1. The number of aliphatic hydroxyl groups is 2. The van der Waals surface area contributed by atoms with Crippen LogP contribution in [0.15, 0.2) is 55.0 Å². The Bertz CT molecular complexity index is 1310. The molecular formula is C24H23FN4O4. The zero-order chi connectivity index (χ0) is 23.1. The minimum Gasteiger partial charge on any atom is -0.497 e. The van der Waals surface area contributed by atoms with E-state index in [2.05, 4.69) is 9.97 Å². The van der Waals surface area contributed by atoms with Crippen LogP contribution in [-0.4, -0.2) is 50.7 Å². The lowest BCUT2D eigenvalue weighted by Crippen LogP contribution is -2.24. The highest BCUT2D eigenvalue weighted by Crippen LogP contribution is 2.39. The number of nitrogens with two attached hydrogens (primary N) is 1. The molecule has 9 heteroatoms. The Balaban J connectivity index is 1.58. The minimum atomic E-state index is -0.819. The average molecular weight is 450 g/mol. The molecule has 0 aliphatic carbocycles. The van der Waals surface area contributed by atoms with Crippen LogP contribution in [0.3, 0.4) is 0 Å². The Kier molecular flexibility index (Phi) is 5.45. The molecule has 1 aliphatic heterocycles. The van der Waals surface area contributed by atoms with E-state index in [0.29, 0.717) is 22.2 Å². The van der Waals surface area contributed by atoms with Crippen LogP contribution >= 0.6 is 0 Å². The van der Waals surface area contributed by atoms with E-state index < -0.39 is 24.3 Å². The molecule has 1 aliphatic rings. The summed E-state index contributed by atoms with van der Waals surface area (Å²) in [5.41, 5.74) is 9.06. The van der Waals surface area contributed by atoms with E-state index in [1.54, 1.807) is 23.9 Å². The Labute approximate surface area is 189 Å². The zero-order valence-corrected chi connectivity index (χ0v) is 17.9. The second-order valence-electron chi connectivity index (χ2n) is 7.95. The summed E-state index contributed by atoms with van der Waals surface area (Å²) in [5, 5.41) is 20.1. The molecule has 8 nitrogen and oxygen atoms in total. The SMILES string of the molecule is COc1ccc(-c2ccc(-c3cn([C@H]4C[C@H](O)[C@@H](CO)O4)c4ncnc(N)c34)c(F)c2)cc1. The van der Waals surface area contributed by atoms with Gasteiger partial charge in [-0.1, -0.05) is 24.3 Å². The van der Waals surface area contributed by atoms with E-state index in [9.17, 15) is 10.2 Å². The van der Waals surface area contributed by atoms with Gasteiger partial charge in [0.1, 0.15) is 41.7 Å². The Hall–Kier alpha value is -3.53. The third-order valence-electron chi connectivity index (χ3n) is 6.02. The molecule has 0 bridgehead atoms. The zero-order valence-electron chi connectivity index (χ0n) is 17.9. The van der Waals surface area contributed by atoms with Crippen LogP contribution in [-0.2, 0) is 4.74 Å². The number of fused-ring (bicyclic) bond motifs is 1. The standard InChI is InChI=1S/C24H23FN4O4/c1-32-15-5-2-13(3-6-15)14-4-7-16(18(25)8-14)17-10-29(21-9-19(31)20(11-30)33-21)24-22(17)23(26)27-12-28-24/h2-8,10,12,19-21,30-31H,9,11H2,1H3,(H2,26,27,28)/t19-,20+,21+/m0/s1. The van der Waals surface area contributed by atoms with Crippen molar-refractivity contribution in [1.82, 2.24) is 14.5 Å². The van der Waals surface area contributed by atoms with Crippen molar-refractivity contribution in [3.8, 4) is 28.0 Å². The first-order valence-corrected chi connectivity index (χ1v) is 10.5. The number of ether oxygens (including phenoxy) is 2. The lowest BCUT2D eigenvalue weighted by Gasteiger charge is -2.14. The van der Waals surface area contributed by atoms with Crippen molar-refractivity contribution < 1.29 is 24.1 Å². The van der Waals surface area contributed by atoms with Gasteiger partial charge in [-0.3, -0.25) is 0 Å². The number of anilines is 1. The van der Waals surface area contributed by atoms with Crippen LogP contribution in [0.2, 0.25) is 0 Å². The lowest BCUT2D eigenvalue weighted by atomic mass is 9.99. The Morgan fingerprint density at radius 1 is 1.15 bits per heavy atom. The molecule has 5 rings (SSSR count). The highest BCUT2D eigenvalue weighted by atomic mass is 19.1. The van der Waals surface area contributed by atoms with Gasteiger partial charge in [0.2, 0.25) is 0 Å². The predicted octanol–water partition coefficient (Wildman–Crippen LogP) is 3.14. The van der Waals surface area contributed by atoms with Crippen LogP contribution in [0.1, 0.15) is 12.6 Å². The van der Waals surface area contributed by atoms with Gasteiger partial charge in [0.15, 0.2) is 0 Å². The molecule has 1 fully saturated rings. The molecule has 3 heterocycles. The fraction of sp³-hybridized carbons (Fsp3) is 0.250. The lowest BCUT2D eigenvalue weighted by molar-refractivity contribution is -0.0430. The monoisotopic (exact) mass is 450 g/mol. The van der Waals surface area contributed by atoms with Crippen molar-refractivity contribution in [2.24, 2.45) is 0 Å². The number of hydrogen-bond donors (Lipinski definition) is 3. The van der Waals surface area contributed by atoms with Gasteiger partial charge in [-0.15, -0.1) is 0 Å². The molecule has 2 aromatic carbocycles. The molecule has 0 radical (unpaired) electrons. The molecule has 2 aromatic heterocycles. The van der Waals surface area contributed by atoms with Crippen LogP contribution in [0.4, 0.5) is 10.2 Å². The fourth-order valence-corrected chi connectivity index (χ4v) is 4.28. The first-order valence-electron chi connectivity index (χ1n) is 10.5. The molecule has 4 N–H and O–H groups in total. The van der Waals surface area contributed by atoms with Gasteiger partial charge in [-0.2, -0.15) is 0 Å². The summed E-state index contributed by atoms with van der Waals surface area (Å²) in [5.74, 6) is 0.512. The molecule has 0 saturated carbocycles. The van der Waals surface area contributed by atoms with Gasteiger partial charge >= 0.3 is 0 Å². The summed E-state index contributed by atoms with van der Waals surface area (Å²) in [6, 6.07) is 12.4. The summed E-state index contributed by atoms with van der Waals surface area (Å²) in [6.45, 7) is -0.303. The molecule has 3 atom stereocenters. The topological polar surface area (TPSA) is 116 Å². The number of rotatable bonds is 5. The number of halogens is 1.